The van der Waals surface area contributed by atoms with Crippen molar-refractivity contribution in [2.45, 2.75) is 12.3 Å². The van der Waals surface area contributed by atoms with Gasteiger partial charge in [-0.15, -0.1) is 0 Å². The van der Waals surface area contributed by atoms with Gasteiger partial charge in [0, 0.05) is 41.9 Å². The van der Waals surface area contributed by atoms with Crippen LogP contribution in [0.1, 0.15) is 23.5 Å². The highest BCUT2D eigenvalue weighted by molar-refractivity contribution is 5.97. The van der Waals surface area contributed by atoms with Gasteiger partial charge in [0.15, 0.2) is 11.5 Å². The van der Waals surface area contributed by atoms with Gasteiger partial charge in [0.2, 0.25) is 5.91 Å². The maximum atomic E-state index is 12.2. The van der Waals surface area contributed by atoms with Crippen LogP contribution in [0.5, 0.6) is 11.5 Å². The Morgan fingerprint density at radius 1 is 1.22 bits per heavy atom. The van der Waals surface area contributed by atoms with Gasteiger partial charge in [-0.05, 0) is 29.3 Å². The van der Waals surface area contributed by atoms with E-state index in [0.717, 1.165) is 27.8 Å². The van der Waals surface area contributed by atoms with E-state index in [2.05, 4.69) is 15.3 Å². The highest BCUT2D eigenvalue weighted by Gasteiger charge is 2.30. The summed E-state index contributed by atoms with van der Waals surface area (Å²) in [6.45, 7) is -0.250. The molecule has 1 amide bonds. The molecule has 0 saturated heterocycles. The average molecular weight is 369 g/mol. The Morgan fingerprint density at radius 2 is 1.93 bits per heavy atom. The molecule has 0 radical (unpaired) electrons. The zero-order valence-corrected chi connectivity index (χ0v) is 14.9. The fourth-order valence-electron chi connectivity index (χ4n) is 3.33. The van der Waals surface area contributed by atoms with Crippen LogP contribution in [0.3, 0.4) is 0 Å². The van der Waals surface area contributed by atoms with Crippen LogP contribution >= 0.6 is 0 Å². The normalized spacial score (nSPS) is 15.2. The van der Waals surface area contributed by atoms with Crippen molar-refractivity contribution in [3.05, 3.63) is 47.8 Å². The number of rotatable bonds is 3. The van der Waals surface area contributed by atoms with Crippen molar-refractivity contribution in [2.75, 3.05) is 19.5 Å². The summed E-state index contributed by atoms with van der Waals surface area (Å²) in [5.41, 5.74) is 3.64. The standard InChI is InChI=1S/C18H17N3O3.CH2O2/c1-23-15-6-12-11(7-17(22)21-14(12)8-16(15)24-2)13-9-20-18-10(13)4-3-5-19-18;2-1-3/h3-6,8-9,11H,7H2,1-2H3,(H,19,20)(H,21,22);1H,(H,2,3). The van der Waals surface area contributed by atoms with Gasteiger partial charge in [-0.3, -0.25) is 9.59 Å². The number of H-pyrrole nitrogens is 1. The van der Waals surface area contributed by atoms with Gasteiger partial charge in [-0.25, -0.2) is 4.98 Å². The zero-order valence-electron chi connectivity index (χ0n) is 14.9. The highest BCUT2D eigenvalue weighted by atomic mass is 16.5. The first-order chi connectivity index (χ1) is 13.1. The lowest BCUT2D eigenvalue weighted by Gasteiger charge is -2.26. The number of ether oxygens (including phenoxy) is 2. The minimum absolute atomic E-state index is 0.0158. The summed E-state index contributed by atoms with van der Waals surface area (Å²) in [4.78, 5) is 28.1. The Kier molecular flexibility index (Phi) is 5.25. The Labute approximate surface area is 155 Å². The average Bonchev–Trinajstić information content (AvgIpc) is 3.11. The lowest BCUT2D eigenvalue weighted by atomic mass is 9.84. The Morgan fingerprint density at radius 3 is 2.63 bits per heavy atom. The van der Waals surface area contributed by atoms with E-state index in [-0.39, 0.29) is 18.3 Å². The fourth-order valence-corrected chi connectivity index (χ4v) is 3.33. The summed E-state index contributed by atoms with van der Waals surface area (Å²) in [6, 6.07) is 7.66. The largest absolute Gasteiger partial charge is 0.493 e. The van der Waals surface area contributed by atoms with Crippen molar-refractivity contribution >= 4 is 29.1 Å². The monoisotopic (exact) mass is 369 g/mol. The maximum absolute atomic E-state index is 12.2. The number of nitrogens with one attached hydrogen (secondary N) is 2. The van der Waals surface area contributed by atoms with Crippen LogP contribution in [0, 0.1) is 0 Å². The fraction of sp³-hybridized carbons (Fsp3) is 0.211. The molecule has 1 aliphatic rings. The molecule has 4 rings (SSSR count). The Hall–Kier alpha value is -3.55. The van der Waals surface area contributed by atoms with Crippen LogP contribution in [0.15, 0.2) is 36.7 Å². The second-order valence-electron chi connectivity index (χ2n) is 5.85. The number of methoxy groups -OCH3 is 2. The molecule has 140 valence electrons. The number of fused-ring (bicyclic) bond motifs is 2. The van der Waals surface area contributed by atoms with Crippen molar-refractivity contribution < 1.29 is 24.2 Å². The molecule has 27 heavy (non-hydrogen) atoms. The number of hydrogen-bond acceptors (Lipinski definition) is 5. The quantitative estimate of drug-likeness (QED) is 0.612. The topological polar surface area (TPSA) is 114 Å². The second-order valence-corrected chi connectivity index (χ2v) is 5.85. The van der Waals surface area contributed by atoms with Gasteiger partial charge < -0.3 is 24.9 Å². The molecule has 0 fully saturated rings. The van der Waals surface area contributed by atoms with Gasteiger partial charge in [-0.2, -0.15) is 0 Å². The number of carboxylic acid groups (broad SMARTS) is 1. The number of aromatic nitrogens is 2. The lowest BCUT2D eigenvalue weighted by molar-refractivity contribution is -0.123. The smallest absolute Gasteiger partial charge is 0.290 e. The lowest BCUT2D eigenvalue weighted by Crippen LogP contribution is -2.23. The first kappa shape index (κ1) is 18.2. The highest BCUT2D eigenvalue weighted by Crippen LogP contribution is 2.44. The number of benzene rings is 1. The molecule has 0 bridgehead atoms. The van der Waals surface area contributed by atoms with Crippen LogP contribution in [0.2, 0.25) is 0 Å². The first-order valence-corrected chi connectivity index (χ1v) is 8.18. The van der Waals surface area contributed by atoms with Crippen LogP contribution in [-0.4, -0.2) is 41.7 Å². The number of pyridine rings is 1. The van der Waals surface area contributed by atoms with E-state index in [0.29, 0.717) is 17.9 Å². The molecular weight excluding hydrogens is 350 g/mol. The minimum atomic E-state index is -0.250. The predicted molar refractivity (Wildman–Crippen MR) is 99.4 cm³/mol. The summed E-state index contributed by atoms with van der Waals surface area (Å²) in [5.74, 6) is 1.16. The van der Waals surface area contributed by atoms with Crippen LogP contribution < -0.4 is 14.8 Å². The number of amides is 1. The van der Waals surface area contributed by atoms with Crippen molar-refractivity contribution in [1.82, 2.24) is 9.97 Å². The van der Waals surface area contributed by atoms with Crippen molar-refractivity contribution in [3.8, 4) is 11.5 Å². The number of carbonyl (C=O) groups is 2. The molecule has 1 unspecified atom stereocenters. The van der Waals surface area contributed by atoms with Gasteiger partial charge in [0.1, 0.15) is 5.65 Å². The van der Waals surface area contributed by atoms with E-state index in [1.165, 1.54) is 0 Å². The van der Waals surface area contributed by atoms with Crippen LogP contribution in [0.4, 0.5) is 5.69 Å². The molecule has 8 heteroatoms. The molecular formula is C19H19N3O5. The summed E-state index contributed by atoms with van der Waals surface area (Å²) in [5, 5.41) is 10.8. The third-order valence-electron chi connectivity index (χ3n) is 4.45. The molecule has 3 aromatic rings. The summed E-state index contributed by atoms with van der Waals surface area (Å²) >= 11 is 0. The number of carbonyl (C=O) groups excluding carboxylic acids is 1. The summed E-state index contributed by atoms with van der Waals surface area (Å²) < 4.78 is 10.8. The van der Waals surface area contributed by atoms with Crippen molar-refractivity contribution in [1.29, 1.82) is 0 Å². The molecule has 1 atom stereocenters. The van der Waals surface area contributed by atoms with E-state index >= 15 is 0 Å². The first-order valence-electron chi connectivity index (χ1n) is 8.18. The SMILES string of the molecule is COc1cc2c(cc1OC)C(c1c[nH]c3ncccc13)CC(=O)N2.O=CO. The molecule has 8 nitrogen and oxygen atoms in total. The Bertz CT molecular complexity index is 983. The van der Waals surface area contributed by atoms with Crippen molar-refractivity contribution in [3.63, 3.8) is 0 Å². The van der Waals surface area contributed by atoms with Crippen LogP contribution in [-0.2, 0) is 9.59 Å². The molecule has 1 aliphatic heterocycles. The maximum Gasteiger partial charge on any atom is 0.290 e. The second kappa shape index (κ2) is 7.77. The number of anilines is 1. The molecule has 0 spiro atoms. The van der Waals surface area contributed by atoms with E-state index in [4.69, 9.17) is 19.4 Å². The van der Waals surface area contributed by atoms with Crippen LogP contribution in [0.25, 0.3) is 11.0 Å². The van der Waals surface area contributed by atoms with E-state index < -0.39 is 0 Å². The molecule has 0 saturated carbocycles. The van der Waals surface area contributed by atoms with Gasteiger partial charge in [0.25, 0.3) is 6.47 Å². The van der Waals surface area contributed by atoms with E-state index in [1.807, 2.05) is 30.5 Å². The van der Waals surface area contributed by atoms with Crippen molar-refractivity contribution in [2.24, 2.45) is 0 Å². The van der Waals surface area contributed by atoms with E-state index in [9.17, 15) is 4.79 Å². The third kappa shape index (κ3) is 3.41. The van der Waals surface area contributed by atoms with Gasteiger partial charge >= 0.3 is 0 Å². The number of nitrogens with zero attached hydrogens (tertiary/aromatic N) is 1. The molecule has 3 heterocycles. The summed E-state index contributed by atoms with van der Waals surface area (Å²) in [7, 11) is 3.19. The summed E-state index contributed by atoms with van der Waals surface area (Å²) in [6.07, 6.45) is 4.06. The van der Waals surface area contributed by atoms with Gasteiger partial charge in [0.05, 0.1) is 14.2 Å². The number of hydrogen-bond donors (Lipinski definition) is 3. The minimum Gasteiger partial charge on any atom is -0.493 e. The molecule has 1 aromatic carbocycles. The molecule has 0 aliphatic carbocycles. The predicted octanol–water partition coefficient (Wildman–Crippen LogP) is 2.75. The van der Waals surface area contributed by atoms with E-state index in [1.54, 1.807) is 20.4 Å². The molecule has 2 aromatic heterocycles. The van der Waals surface area contributed by atoms with Gasteiger partial charge in [-0.1, -0.05) is 0 Å². The molecule has 3 N–H and O–H groups in total. The Balaban J connectivity index is 0.000000659. The number of aromatic amines is 1. The zero-order chi connectivity index (χ0) is 19.4. The third-order valence-corrected chi connectivity index (χ3v) is 4.45.